The fraction of sp³-hybridized carbons (Fsp3) is 0.458. The van der Waals surface area contributed by atoms with Crippen LogP contribution in [0.2, 0.25) is 10.0 Å². The summed E-state index contributed by atoms with van der Waals surface area (Å²) < 4.78 is 27.4. The van der Waals surface area contributed by atoms with Crippen LogP contribution in [0, 0.1) is 5.92 Å². The highest BCUT2D eigenvalue weighted by molar-refractivity contribution is 7.88. The van der Waals surface area contributed by atoms with Gasteiger partial charge >= 0.3 is 0 Å². The molecule has 0 aromatic heterocycles. The molecular formula is C24H30Cl2N2O3S. The van der Waals surface area contributed by atoms with E-state index in [0.717, 1.165) is 18.4 Å². The molecule has 0 aliphatic carbocycles. The van der Waals surface area contributed by atoms with Crippen LogP contribution in [0.25, 0.3) is 0 Å². The van der Waals surface area contributed by atoms with Gasteiger partial charge in [0.2, 0.25) is 15.9 Å². The fourth-order valence-electron chi connectivity index (χ4n) is 4.07. The topological polar surface area (TPSA) is 66.5 Å². The number of nitrogens with zero attached hydrogens (tertiary/aromatic N) is 1. The third-order valence-electron chi connectivity index (χ3n) is 6.01. The van der Waals surface area contributed by atoms with Crippen LogP contribution in [0.1, 0.15) is 48.9 Å². The van der Waals surface area contributed by atoms with Crippen LogP contribution in [0.4, 0.5) is 0 Å². The zero-order valence-electron chi connectivity index (χ0n) is 18.5. The summed E-state index contributed by atoms with van der Waals surface area (Å²) in [5.74, 6) is -0.668. The lowest BCUT2D eigenvalue weighted by molar-refractivity contribution is -0.126. The van der Waals surface area contributed by atoms with Crippen molar-refractivity contribution in [3.8, 4) is 0 Å². The van der Waals surface area contributed by atoms with Crippen molar-refractivity contribution in [2.24, 2.45) is 5.92 Å². The molecule has 1 amide bonds. The van der Waals surface area contributed by atoms with E-state index in [1.807, 2.05) is 0 Å². The Bertz CT molecular complexity index is 1070. The summed E-state index contributed by atoms with van der Waals surface area (Å²) in [7, 11) is -3.60. The van der Waals surface area contributed by atoms with Gasteiger partial charge in [-0.1, -0.05) is 61.3 Å². The highest BCUT2D eigenvalue weighted by atomic mass is 35.5. The van der Waals surface area contributed by atoms with Crippen LogP contribution in [-0.4, -0.2) is 31.7 Å². The number of carbonyl (C=O) groups is 1. The van der Waals surface area contributed by atoms with Crippen molar-refractivity contribution in [2.45, 2.75) is 51.8 Å². The van der Waals surface area contributed by atoms with E-state index in [1.54, 1.807) is 18.2 Å². The van der Waals surface area contributed by atoms with Gasteiger partial charge in [0.05, 0.1) is 11.7 Å². The molecule has 2 aromatic rings. The van der Waals surface area contributed by atoms with E-state index in [4.69, 9.17) is 23.2 Å². The maximum Gasteiger partial charge on any atom is 0.224 e. The van der Waals surface area contributed by atoms with E-state index in [1.165, 1.54) is 15.4 Å². The van der Waals surface area contributed by atoms with E-state index < -0.39 is 10.0 Å². The number of piperidine rings is 1. The van der Waals surface area contributed by atoms with Gasteiger partial charge in [0.1, 0.15) is 0 Å². The number of sulfonamides is 1. The maximum absolute atomic E-state index is 13.0. The average Bonchev–Trinajstić information content (AvgIpc) is 2.79. The number of hydrogen-bond acceptors (Lipinski definition) is 3. The number of hydrogen-bond donors (Lipinski definition) is 1. The van der Waals surface area contributed by atoms with E-state index in [9.17, 15) is 13.2 Å². The van der Waals surface area contributed by atoms with Crippen LogP contribution < -0.4 is 5.32 Å². The predicted molar refractivity (Wildman–Crippen MR) is 130 cm³/mol. The zero-order valence-corrected chi connectivity index (χ0v) is 20.9. The molecule has 0 spiro atoms. The molecule has 1 N–H and O–H groups in total. The zero-order chi connectivity index (χ0) is 23.3. The highest BCUT2D eigenvalue weighted by Gasteiger charge is 2.32. The summed E-state index contributed by atoms with van der Waals surface area (Å²) in [6, 6.07) is 11.2. The number of benzene rings is 2. The summed E-state index contributed by atoms with van der Waals surface area (Å²) in [6.07, 6.45) is 3.17. The molecule has 174 valence electrons. The van der Waals surface area contributed by atoms with E-state index in [2.05, 4.69) is 37.4 Å². The van der Waals surface area contributed by atoms with Gasteiger partial charge < -0.3 is 5.32 Å². The predicted octanol–water partition coefficient (Wildman–Crippen LogP) is 4.98. The van der Waals surface area contributed by atoms with Crippen LogP contribution in [0.15, 0.2) is 36.4 Å². The van der Waals surface area contributed by atoms with Gasteiger partial charge in [-0.05, 0) is 60.1 Å². The number of nitrogens with one attached hydrogen (secondary N) is 1. The van der Waals surface area contributed by atoms with Crippen molar-refractivity contribution in [3.63, 3.8) is 0 Å². The Morgan fingerprint density at radius 3 is 2.50 bits per heavy atom. The molecule has 8 heteroatoms. The second-order valence-corrected chi connectivity index (χ2v) is 11.0. The molecule has 32 heavy (non-hydrogen) atoms. The molecule has 0 radical (unpaired) electrons. The van der Waals surface area contributed by atoms with Gasteiger partial charge in [-0.2, -0.15) is 0 Å². The van der Waals surface area contributed by atoms with Crippen molar-refractivity contribution < 1.29 is 13.2 Å². The van der Waals surface area contributed by atoms with Crippen molar-refractivity contribution in [3.05, 3.63) is 68.7 Å². The van der Waals surface area contributed by atoms with Crippen LogP contribution in [-0.2, 0) is 40.0 Å². The Morgan fingerprint density at radius 2 is 1.81 bits per heavy atom. The minimum absolute atomic E-state index is 0.0987. The van der Waals surface area contributed by atoms with Crippen LogP contribution >= 0.6 is 23.2 Å². The first-order chi connectivity index (χ1) is 15.2. The number of carbonyl (C=O) groups excluding carboxylic acids is 1. The summed E-state index contributed by atoms with van der Waals surface area (Å²) in [5.41, 5.74) is 4.08. The van der Waals surface area contributed by atoms with Crippen molar-refractivity contribution in [1.29, 1.82) is 0 Å². The SMILES string of the molecule is CCc1ccc(CC)c(CNC(=O)C2CCCN(S(=O)(=O)Cc3ccc(Cl)cc3Cl)C2)c1. The first-order valence-corrected chi connectivity index (χ1v) is 13.4. The smallest absolute Gasteiger partial charge is 0.224 e. The van der Waals surface area contributed by atoms with Gasteiger partial charge in [-0.25, -0.2) is 12.7 Å². The van der Waals surface area contributed by atoms with Crippen molar-refractivity contribution in [2.75, 3.05) is 13.1 Å². The molecule has 0 bridgehead atoms. The lowest BCUT2D eigenvalue weighted by atomic mass is 9.97. The summed E-state index contributed by atoms with van der Waals surface area (Å²) >= 11 is 12.1. The van der Waals surface area contributed by atoms with E-state index in [-0.39, 0.29) is 24.1 Å². The first-order valence-electron chi connectivity index (χ1n) is 11.0. The number of amides is 1. The quantitative estimate of drug-likeness (QED) is 0.560. The summed E-state index contributed by atoms with van der Waals surface area (Å²) in [6.45, 7) is 5.27. The second-order valence-electron chi connectivity index (χ2n) is 8.22. The summed E-state index contributed by atoms with van der Waals surface area (Å²) in [4.78, 5) is 12.9. The second kappa shape index (κ2) is 11.0. The van der Waals surface area contributed by atoms with Crippen LogP contribution in [0.3, 0.4) is 0 Å². The molecular weight excluding hydrogens is 467 g/mol. The van der Waals surface area contributed by atoms with Gasteiger partial charge in [0.15, 0.2) is 0 Å². The van der Waals surface area contributed by atoms with E-state index >= 15 is 0 Å². The molecule has 3 rings (SSSR count). The monoisotopic (exact) mass is 496 g/mol. The van der Waals surface area contributed by atoms with Gasteiger partial charge in [0.25, 0.3) is 0 Å². The van der Waals surface area contributed by atoms with Crippen molar-refractivity contribution in [1.82, 2.24) is 9.62 Å². The maximum atomic E-state index is 13.0. The fourth-order valence-corrected chi connectivity index (χ4v) is 6.27. The third-order valence-corrected chi connectivity index (χ3v) is 8.40. The Labute approximate surface area is 201 Å². The molecule has 1 aliphatic rings. The summed E-state index contributed by atoms with van der Waals surface area (Å²) in [5, 5.41) is 3.82. The molecule has 1 atom stereocenters. The third kappa shape index (κ3) is 6.25. The standard InChI is InChI=1S/C24H30Cl2N2O3S/c1-3-17-7-8-18(4-2)21(12-17)14-27-24(29)19-6-5-11-28(15-19)32(30,31)16-20-9-10-22(25)13-23(20)26/h7-10,12-13,19H,3-6,11,14-16H2,1-2H3,(H,27,29). The molecule has 5 nitrogen and oxygen atoms in total. The first kappa shape index (κ1) is 25.0. The van der Waals surface area contributed by atoms with E-state index in [0.29, 0.717) is 41.5 Å². The average molecular weight is 497 g/mol. The minimum atomic E-state index is -3.60. The molecule has 2 aromatic carbocycles. The normalized spacial score (nSPS) is 17.3. The molecule has 1 heterocycles. The molecule has 1 saturated heterocycles. The number of rotatable bonds is 8. The Hall–Kier alpha value is -1.60. The largest absolute Gasteiger partial charge is 0.352 e. The number of halogens is 2. The Morgan fingerprint density at radius 1 is 1.06 bits per heavy atom. The minimum Gasteiger partial charge on any atom is -0.352 e. The lowest BCUT2D eigenvalue weighted by Gasteiger charge is -2.31. The molecule has 0 saturated carbocycles. The van der Waals surface area contributed by atoms with Crippen molar-refractivity contribution >= 4 is 39.1 Å². The molecule has 1 unspecified atom stereocenters. The molecule has 1 fully saturated rings. The van der Waals surface area contributed by atoms with Crippen LogP contribution in [0.5, 0.6) is 0 Å². The lowest BCUT2D eigenvalue weighted by Crippen LogP contribution is -2.45. The highest BCUT2D eigenvalue weighted by Crippen LogP contribution is 2.26. The Kier molecular flexibility index (Phi) is 8.62. The number of aryl methyl sites for hydroxylation is 2. The molecule has 1 aliphatic heterocycles. The van der Waals surface area contributed by atoms with Gasteiger partial charge in [-0.3, -0.25) is 4.79 Å². The van der Waals surface area contributed by atoms with Gasteiger partial charge in [0, 0.05) is 29.7 Å². The van der Waals surface area contributed by atoms with Gasteiger partial charge in [-0.15, -0.1) is 0 Å². The Balaban J connectivity index is 1.64.